The van der Waals surface area contributed by atoms with Gasteiger partial charge in [-0.25, -0.2) is 0 Å². The van der Waals surface area contributed by atoms with Gasteiger partial charge in [-0.3, -0.25) is 14.3 Å². The highest BCUT2D eigenvalue weighted by atomic mass is 35.5. The second kappa shape index (κ2) is 5.34. The number of hydrogen-bond acceptors (Lipinski definition) is 2. The lowest BCUT2D eigenvalue weighted by atomic mass is 10.0. The molecule has 21 heavy (non-hydrogen) atoms. The Balaban J connectivity index is 2.47. The molecular formula is C17H15ClN2O. The zero-order valence-electron chi connectivity index (χ0n) is 11.9. The van der Waals surface area contributed by atoms with Crippen LogP contribution in [0.1, 0.15) is 25.5 Å². The van der Waals surface area contributed by atoms with E-state index in [-0.39, 0.29) is 11.5 Å². The summed E-state index contributed by atoms with van der Waals surface area (Å²) >= 11 is 6.22. The predicted octanol–water partition coefficient (Wildman–Crippen LogP) is 4.16. The fourth-order valence-corrected chi connectivity index (χ4v) is 2.78. The summed E-state index contributed by atoms with van der Waals surface area (Å²) in [5.74, 6) is 0.210. The Labute approximate surface area is 127 Å². The molecule has 2 heterocycles. The summed E-state index contributed by atoms with van der Waals surface area (Å²) in [5, 5.41) is 1.90. The third-order valence-corrected chi connectivity index (χ3v) is 3.84. The van der Waals surface area contributed by atoms with Crippen molar-refractivity contribution in [3.63, 3.8) is 0 Å². The van der Waals surface area contributed by atoms with E-state index in [4.69, 9.17) is 11.6 Å². The van der Waals surface area contributed by atoms with Gasteiger partial charge in [0.2, 0.25) is 0 Å². The molecule has 0 spiro atoms. The highest BCUT2D eigenvalue weighted by molar-refractivity contribution is 6.35. The van der Waals surface area contributed by atoms with Crippen LogP contribution in [-0.4, -0.2) is 9.55 Å². The number of pyridine rings is 2. The van der Waals surface area contributed by atoms with Gasteiger partial charge in [-0.15, -0.1) is 0 Å². The molecule has 1 aromatic carbocycles. The number of rotatable bonds is 2. The molecule has 0 N–H and O–H groups in total. The van der Waals surface area contributed by atoms with Crippen molar-refractivity contribution in [2.24, 2.45) is 0 Å². The molecule has 0 amide bonds. The highest BCUT2D eigenvalue weighted by Gasteiger charge is 2.15. The number of benzene rings is 1. The van der Waals surface area contributed by atoms with Crippen LogP contribution in [0, 0.1) is 0 Å². The fraction of sp³-hybridized carbons (Fsp3) is 0.176. The molecule has 2 aromatic heterocycles. The van der Waals surface area contributed by atoms with Crippen LogP contribution in [-0.2, 0) is 0 Å². The minimum absolute atomic E-state index is 0.102. The van der Waals surface area contributed by atoms with Gasteiger partial charge in [0.1, 0.15) is 0 Å². The maximum absolute atomic E-state index is 12.9. The normalized spacial score (nSPS) is 11.2. The van der Waals surface area contributed by atoms with Gasteiger partial charge in [0.15, 0.2) is 0 Å². The second-order valence-electron chi connectivity index (χ2n) is 5.28. The standard InChI is InChI=1S/C17H15ClN2O/c1-11(2)15-9-12-5-3-7-14(18)16(12)17(21)20(15)13-6-4-8-19-10-13/h3-11H,1-2H3. The van der Waals surface area contributed by atoms with Crippen LogP contribution in [0.3, 0.4) is 0 Å². The van der Waals surface area contributed by atoms with Crippen molar-refractivity contribution in [2.75, 3.05) is 0 Å². The third kappa shape index (κ3) is 2.34. The van der Waals surface area contributed by atoms with Crippen molar-refractivity contribution in [3.05, 3.63) is 69.9 Å². The lowest BCUT2D eigenvalue weighted by Gasteiger charge is -2.17. The van der Waals surface area contributed by atoms with Gasteiger partial charge in [-0.1, -0.05) is 37.6 Å². The number of fused-ring (bicyclic) bond motifs is 1. The Morgan fingerprint density at radius 1 is 1.19 bits per heavy atom. The summed E-state index contributed by atoms with van der Waals surface area (Å²) in [7, 11) is 0. The van der Waals surface area contributed by atoms with Crippen LogP contribution in [0.15, 0.2) is 53.6 Å². The van der Waals surface area contributed by atoms with Gasteiger partial charge in [0.05, 0.1) is 22.3 Å². The Hall–Kier alpha value is -2.13. The van der Waals surface area contributed by atoms with Crippen molar-refractivity contribution in [1.29, 1.82) is 0 Å². The monoisotopic (exact) mass is 298 g/mol. The van der Waals surface area contributed by atoms with Crippen LogP contribution in [0.4, 0.5) is 0 Å². The molecule has 3 aromatic rings. The maximum Gasteiger partial charge on any atom is 0.264 e. The van der Waals surface area contributed by atoms with Crippen LogP contribution < -0.4 is 5.56 Å². The SMILES string of the molecule is CC(C)c1cc2cccc(Cl)c2c(=O)n1-c1cccnc1. The summed E-state index contributed by atoms with van der Waals surface area (Å²) in [5.41, 5.74) is 1.60. The molecule has 106 valence electrons. The smallest absolute Gasteiger partial charge is 0.264 e. The van der Waals surface area contributed by atoms with E-state index in [9.17, 15) is 4.79 Å². The minimum atomic E-state index is -0.102. The molecule has 0 aliphatic carbocycles. The van der Waals surface area contributed by atoms with Crippen LogP contribution >= 0.6 is 11.6 Å². The van der Waals surface area contributed by atoms with Gasteiger partial charge >= 0.3 is 0 Å². The average molecular weight is 299 g/mol. The van der Waals surface area contributed by atoms with E-state index in [1.165, 1.54) is 0 Å². The molecule has 3 nitrogen and oxygen atoms in total. The first kappa shape index (κ1) is 13.8. The Kier molecular flexibility index (Phi) is 3.52. The summed E-state index contributed by atoms with van der Waals surface area (Å²) in [4.78, 5) is 17.0. The van der Waals surface area contributed by atoms with Gasteiger partial charge in [0, 0.05) is 11.9 Å². The van der Waals surface area contributed by atoms with Crippen LogP contribution in [0.5, 0.6) is 0 Å². The maximum atomic E-state index is 12.9. The van der Waals surface area contributed by atoms with Crippen molar-refractivity contribution in [3.8, 4) is 5.69 Å². The average Bonchev–Trinajstić information content (AvgIpc) is 2.47. The molecule has 4 heteroatoms. The van der Waals surface area contributed by atoms with Crippen molar-refractivity contribution in [1.82, 2.24) is 9.55 Å². The van der Waals surface area contributed by atoms with E-state index in [0.717, 1.165) is 16.8 Å². The Morgan fingerprint density at radius 3 is 2.67 bits per heavy atom. The lowest BCUT2D eigenvalue weighted by molar-refractivity contribution is 0.763. The first-order valence-electron chi connectivity index (χ1n) is 6.84. The number of nitrogens with zero attached hydrogens (tertiary/aromatic N) is 2. The van der Waals surface area contributed by atoms with Crippen molar-refractivity contribution in [2.45, 2.75) is 19.8 Å². The zero-order chi connectivity index (χ0) is 15.0. The number of halogens is 1. The summed E-state index contributed by atoms with van der Waals surface area (Å²) in [6.07, 6.45) is 3.38. The zero-order valence-corrected chi connectivity index (χ0v) is 12.6. The molecule has 0 fully saturated rings. The molecule has 0 aliphatic heterocycles. The number of hydrogen-bond donors (Lipinski definition) is 0. The van der Waals surface area contributed by atoms with Crippen LogP contribution in [0.25, 0.3) is 16.5 Å². The van der Waals surface area contributed by atoms with E-state index in [1.54, 1.807) is 23.0 Å². The lowest BCUT2D eigenvalue weighted by Crippen LogP contribution is -2.23. The summed E-state index contributed by atoms with van der Waals surface area (Å²) in [6.45, 7) is 4.13. The molecule has 0 atom stereocenters. The first-order chi connectivity index (χ1) is 10.1. The molecule has 0 saturated heterocycles. The molecule has 0 radical (unpaired) electrons. The Morgan fingerprint density at radius 2 is 2.00 bits per heavy atom. The van der Waals surface area contributed by atoms with Crippen molar-refractivity contribution < 1.29 is 0 Å². The molecule has 0 bridgehead atoms. The quantitative estimate of drug-likeness (QED) is 0.712. The highest BCUT2D eigenvalue weighted by Crippen LogP contribution is 2.25. The van der Waals surface area contributed by atoms with E-state index in [0.29, 0.717) is 10.4 Å². The van der Waals surface area contributed by atoms with E-state index in [2.05, 4.69) is 18.8 Å². The Bertz CT molecular complexity index is 854. The molecule has 3 rings (SSSR count). The van der Waals surface area contributed by atoms with Gasteiger partial charge in [0.25, 0.3) is 5.56 Å². The van der Waals surface area contributed by atoms with Crippen LogP contribution in [0.2, 0.25) is 5.02 Å². The fourth-order valence-electron chi connectivity index (χ4n) is 2.52. The molecule has 0 aliphatic rings. The third-order valence-electron chi connectivity index (χ3n) is 3.52. The summed E-state index contributed by atoms with van der Waals surface area (Å²) in [6, 6.07) is 11.3. The van der Waals surface area contributed by atoms with E-state index in [1.807, 2.05) is 30.3 Å². The van der Waals surface area contributed by atoms with Gasteiger partial charge in [-0.2, -0.15) is 0 Å². The van der Waals surface area contributed by atoms with E-state index >= 15 is 0 Å². The van der Waals surface area contributed by atoms with Crippen molar-refractivity contribution >= 4 is 22.4 Å². The van der Waals surface area contributed by atoms with Gasteiger partial charge in [-0.05, 0) is 35.6 Å². The first-order valence-corrected chi connectivity index (χ1v) is 7.22. The summed E-state index contributed by atoms with van der Waals surface area (Å²) < 4.78 is 1.70. The molecular weight excluding hydrogens is 284 g/mol. The largest absolute Gasteiger partial charge is 0.279 e. The molecule has 0 saturated carbocycles. The van der Waals surface area contributed by atoms with E-state index < -0.39 is 0 Å². The van der Waals surface area contributed by atoms with Gasteiger partial charge < -0.3 is 0 Å². The second-order valence-corrected chi connectivity index (χ2v) is 5.69. The molecule has 0 unspecified atom stereocenters. The predicted molar refractivity (Wildman–Crippen MR) is 86.4 cm³/mol. The minimum Gasteiger partial charge on any atom is -0.279 e. The number of aromatic nitrogens is 2. The topological polar surface area (TPSA) is 34.9 Å².